The third-order valence-corrected chi connectivity index (χ3v) is 2.62. The predicted octanol–water partition coefficient (Wildman–Crippen LogP) is 1.77. The van der Waals surface area contributed by atoms with E-state index in [9.17, 15) is 4.79 Å². The van der Waals surface area contributed by atoms with Gasteiger partial charge in [0, 0.05) is 6.42 Å². The molecule has 0 aliphatic heterocycles. The maximum atomic E-state index is 11.7. The van der Waals surface area contributed by atoms with Crippen molar-refractivity contribution in [3.8, 4) is 6.01 Å². The normalized spacial score (nSPS) is 10.2. The number of H-pyrrole nitrogens is 1. The molecular formula is C13H16N4O2. The van der Waals surface area contributed by atoms with Crippen LogP contribution >= 0.6 is 0 Å². The van der Waals surface area contributed by atoms with E-state index in [0.717, 1.165) is 12.8 Å². The van der Waals surface area contributed by atoms with Crippen molar-refractivity contribution in [3.05, 3.63) is 35.9 Å². The number of nitrogens with zero attached hydrogens (tertiary/aromatic N) is 2. The molecule has 19 heavy (non-hydrogen) atoms. The van der Waals surface area contributed by atoms with Crippen LogP contribution in [0, 0.1) is 0 Å². The lowest BCUT2D eigenvalue weighted by Crippen LogP contribution is -2.12. The molecule has 100 valence electrons. The first-order valence-electron chi connectivity index (χ1n) is 6.08. The van der Waals surface area contributed by atoms with Crippen LogP contribution in [0.1, 0.15) is 18.4 Å². The summed E-state index contributed by atoms with van der Waals surface area (Å²) in [5.74, 6) is 0.219. The van der Waals surface area contributed by atoms with Crippen molar-refractivity contribution in [2.45, 2.75) is 19.3 Å². The topological polar surface area (TPSA) is 79.9 Å². The number of carbonyl (C=O) groups is 1. The van der Waals surface area contributed by atoms with Crippen LogP contribution < -0.4 is 10.1 Å². The third-order valence-electron chi connectivity index (χ3n) is 2.62. The summed E-state index contributed by atoms with van der Waals surface area (Å²) >= 11 is 0. The molecule has 0 aliphatic carbocycles. The number of ether oxygens (including phenoxy) is 1. The van der Waals surface area contributed by atoms with Gasteiger partial charge in [-0.25, -0.2) is 5.10 Å². The largest absolute Gasteiger partial charge is 0.466 e. The quantitative estimate of drug-likeness (QED) is 0.829. The maximum Gasteiger partial charge on any atom is 0.336 e. The van der Waals surface area contributed by atoms with Crippen molar-refractivity contribution in [2.24, 2.45) is 0 Å². The molecule has 0 bridgehead atoms. The van der Waals surface area contributed by atoms with Gasteiger partial charge in [-0.3, -0.25) is 10.1 Å². The van der Waals surface area contributed by atoms with E-state index in [0.29, 0.717) is 12.4 Å². The van der Waals surface area contributed by atoms with Gasteiger partial charge in [-0.1, -0.05) is 30.3 Å². The molecule has 0 saturated carbocycles. The SMILES string of the molecule is COc1n[nH]c(NC(=O)CCCc2ccccc2)n1. The lowest BCUT2D eigenvalue weighted by molar-refractivity contribution is -0.116. The number of aromatic amines is 1. The summed E-state index contributed by atoms with van der Waals surface area (Å²) in [5.41, 5.74) is 1.23. The van der Waals surface area contributed by atoms with E-state index < -0.39 is 0 Å². The van der Waals surface area contributed by atoms with Crippen LogP contribution in [-0.4, -0.2) is 28.2 Å². The van der Waals surface area contributed by atoms with Crippen molar-refractivity contribution < 1.29 is 9.53 Å². The molecule has 0 saturated heterocycles. The first-order chi connectivity index (χ1) is 9.28. The number of aryl methyl sites for hydroxylation is 1. The van der Waals surface area contributed by atoms with Crippen LogP contribution in [0.3, 0.4) is 0 Å². The fraction of sp³-hybridized carbons (Fsp3) is 0.308. The van der Waals surface area contributed by atoms with E-state index in [-0.39, 0.29) is 11.9 Å². The summed E-state index contributed by atoms with van der Waals surface area (Å²) in [6.45, 7) is 0. The van der Waals surface area contributed by atoms with Crippen LogP contribution in [0.4, 0.5) is 5.95 Å². The van der Waals surface area contributed by atoms with Gasteiger partial charge < -0.3 is 4.74 Å². The Morgan fingerprint density at radius 2 is 2.16 bits per heavy atom. The first kappa shape index (κ1) is 13.1. The lowest BCUT2D eigenvalue weighted by atomic mass is 10.1. The van der Waals surface area contributed by atoms with Gasteiger partial charge in [0.05, 0.1) is 7.11 Å². The van der Waals surface area contributed by atoms with Crippen LogP contribution in [-0.2, 0) is 11.2 Å². The number of aromatic nitrogens is 3. The number of anilines is 1. The van der Waals surface area contributed by atoms with Crippen molar-refractivity contribution in [1.29, 1.82) is 0 Å². The highest BCUT2D eigenvalue weighted by Crippen LogP contribution is 2.07. The molecule has 2 N–H and O–H groups in total. The van der Waals surface area contributed by atoms with Crippen molar-refractivity contribution in [1.82, 2.24) is 15.2 Å². The second-order valence-electron chi connectivity index (χ2n) is 4.06. The molecule has 6 nitrogen and oxygen atoms in total. The Balaban J connectivity index is 1.73. The average molecular weight is 260 g/mol. The van der Waals surface area contributed by atoms with Crippen molar-refractivity contribution in [3.63, 3.8) is 0 Å². The summed E-state index contributed by atoms with van der Waals surface area (Å²) < 4.78 is 4.81. The van der Waals surface area contributed by atoms with E-state index >= 15 is 0 Å². The molecule has 0 atom stereocenters. The summed E-state index contributed by atoms with van der Waals surface area (Å²) in [6, 6.07) is 10.3. The second-order valence-corrected chi connectivity index (χ2v) is 4.06. The number of benzene rings is 1. The second kappa shape index (κ2) is 6.53. The van der Waals surface area contributed by atoms with Crippen LogP contribution in [0.25, 0.3) is 0 Å². The standard InChI is InChI=1S/C13H16N4O2/c1-19-13-15-12(16-17-13)14-11(18)9-5-8-10-6-3-2-4-7-10/h2-4,6-7H,5,8-9H2,1H3,(H2,14,15,16,17,18). The Hall–Kier alpha value is -2.37. The fourth-order valence-electron chi connectivity index (χ4n) is 1.69. The Morgan fingerprint density at radius 1 is 1.37 bits per heavy atom. The van der Waals surface area contributed by atoms with Crippen LogP contribution in [0.15, 0.2) is 30.3 Å². The monoisotopic (exact) mass is 260 g/mol. The number of carbonyl (C=O) groups excluding carboxylic acids is 1. The zero-order valence-electron chi connectivity index (χ0n) is 10.7. The van der Waals surface area contributed by atoms with E-state index in [1.807, 2.05) is 18.2 Å². The third kappa shape index (κ3) is 4.09. The Morgan fingerprint density at radius 3 is 2.84 bits per heavy atom. The van der Waals surface area contributed by atoms with Gasteiger partial charge in [0.1, 0.15) is 0 Å². The van der Waals surface area contributed by atoms with Gasteiger partial charge in [-0.05, 0) is 18.4 Å². The van der Waals surface area contributed by atoms with Gasteiger partial charge >= 0.3 is 6.01 Å². The first-order valence-corrected chi connectivity index (χ1v) is 6.08. The predicted molar refractivity (Wildman–Crippen MR) is 70.9 cm³/mol. The zero-order chi connectivity index (χ0) is 13.5. The highest BCUT2D eigenvalue weighted by Gasteiger charge is 2.07. The van der Waals surface area contributed by atoms with E-state index in [1.165, 1.54) is 12.7 Å². The molecule has 2 rings (SSSR count). The van der Waals surface area contributed by atoms with Gasteiger partial charge in [-0.2, -0.15) is 4.98 Å². The molecule has 0 spiro atoms. The number of methoxy groups -OCH3 is 1. The number of nitrogens with one attached hydrogen (secondary N) is 2. The highest BCUT2D eigenvalue weighted by atomic mass is 16.5. The lowest BCUT2D eigenvalue weighted by Gasteiger charge is -2.02. The molecule has 6 heteroatoms. The molecule has 1 aromatic carbocycles. The zero-order valence-corrected chi connectivity index (χ0v) is 10.7. The number of hydrogen-bond acceptors (Lipinski definition) is 4. The van der Waals surface area contributed by atoms with Crippen LogP contribution in [0.5, 0.6) is 6.01 Å². The summed E-state index contributed by atoms with van der Waals surface area (Å²) in [5, 5.41) is 8.95. The molecule has 0 aliphatic rings. The summed E-state index contributed by atoms with van der Waals surface area (Å²) in [7, 11) is 1.47. The van der Waals surface area contributed by atoms with Crippen molar-refractivity contribution >= 4 is 11.9 Å². The molecule has 2 aromatic rings. The molecule has 1 amide bonds. The van der Waals surface area contributed by atoms with Crippen molar-refractivity contribution in [2.75, 3.05) is 12.4 Å². The summed E-state index contributed by atoms with van der Waals surface area (Å²) in [4.78, 5) is 15.6. The van der Waals surface area contributed by atoms with Crippen LogP contribution in [0.2, 0.25) is 0 Å². The van der Waals surface area contributed by atoms with E-state index in [2.05, 4.69) is 32.6 Å². The Bertz CT molecular complexity index is 524. The smallest absolute Gasteiger partial charge is 0.336 e. The van der Waals surface area contributed by atoms with E-state index in [1.54, 1.807) is 0 Å². The van der Waals surface area contributed by atoms with Gasteiger partial charge in [0.25, 0.3) is 0 Å². The highest BCUT2D eigenvalue weighted by molar-refractivity contribution is 5.88. The number of rotatable bonds is 6. The molecule has 0 radical (unpaired) electrons. The van der Waals surface area contributed by atoms with Gasteiger partial charge in [0.15, 0.2) is 0 Å². The molecular weight excluding hydrogens is 244 g/mol. The minimum absolute atomic E-state index is 0.0882. The minimum Gasteiger partial charge on any atom is -0.466 e. The Kier molecular flexibility index (Phi) is 4.49. The molecule has 1 aromatic heterocycles. The number of hydrogen-bond donors (Lipinski definition) is 2. The summed E-state index contributed by atoms with van der Waals surface area (Å²) in [6.07, 6.45) is 2.12. The molecule has 1 heterocycles. The Labute approximate surface area is 111 Å². The van der Waals surface area contributed by atoms with E-state index in [4.69, 9.17) is 4.74 Å². The molecule has 0 fully saturated rings. The fourth-order valence-corrected chi connectivity index (χ4v) is 1.69. The maximum absolute atomic E-state index is 11.7. The van der Waals surface area contributed by atoms with Gasteiger partial charge in [-0.15, -0.1) is 5.10 Å². The minimum atomic E-state index is -0.0882. The molecule has 0 unspecified atom stereocenters. The average Bonchev–Trinajstić information content (AvgIpc) is 2.87. The van der Waals surface area contributed by atoms with Gasteiger partial charge in [0.2, 0.25) is 11.9 Å². The number of amides is 1.